The molecule has 0 amide bonds. The van der Waals surface area contributed by atoms with Gasteiger partial charge in [0, 0.05) is 18.6 Å². The number of piperazine rings is 1. The highest BCUT2D eigenvalue weighted by molar-refractivity contribution is 5.51. The number of para-hydroxylation sites is 1. The van der Waals surface area contributed by atoms with Crippen molar-refractivity contribution < 1.29 is 4.39 Å². The molecule has 0 saturated carbocycles. The van der Waals surface area contributed by atoms with E-state index < -0.39 is 0 Å². The zero-order valence-electron chi connectivity index (χ0n) is 12.5. The van der Waals surface area contributed by atoms with Gasteiger partial charge in [-0.25, -0.2) is 4.39 Å². The highest BCUT2D eigenvalue weighted by Crippen LogP contribution is 2.33. The third kappa shape index (κ3) is 2.93. The lowest BCUT2D eigenvalue weighted by Gasteiger charge is -2.46. The normalized spacial score (nSPS) is 21.3. The Bertz CT molecular complexity index is 610. The maximum Gasteiger partial charge on any atom is 0.146 e. The summed E-state index contributed by atoms with van der Waals surface area (Å²) in [5.41, 5.74) is 1.86. The van der Waals surface area contributed by atoms with Crippen molar-refractivity contribution in [2.45, 2.75) is 25.4 Å². The molecule has 1 fully saturated rings. The summed E-state index contributed by atoms with van der Waals surface area (Å²) in [6, 6.07) is 17.5. The van der Waals surface area contributed by atoms with Crippen LogP contribution in [0.2, 0.25) is 0 Å². The maximum atomic E-state index is 14.3. The number of nitrogens with one attached hydrogen (secondary N) is 1. The van der Waals surface area contributed by atoms with Crippen LogP contribution < -0.4 is 10.2 Å². The largest absolute Gasteiger partial charge is 0.359 e. The zero-order valence-corrected chi connectivity index (χ0v) is 12.5. The number of nitrogens with zero attached hydrogens (tertiary/aromatic N) is 1. The summed E-state index contributed by atoms with van der Waals surface area (Å²) in [7, 11) is 0. The summed E-state index contributed by atoms with van der Waals surface area (Å²) in [6.45, 7) is 5.89. The van der Waals surface area contributed by atoms with E-state index >= 15 is 0 Å². The number of rotatable bonds is 2. The molecule has 1 unspecified atom stereocenters. The van der Waals surface area contributed by atoms with Gasteiger partial charge in [-0.05, 0) is 31.5 Å². The second-order valence-electron chi connectivity index (χ2n) is 6.27. The molecule has 1 atom stereocenters. The Morgan fingerprint density at radius 1 is 1.05 bits per heavy atom. The van der Waals surface area contributed by atoms with Gasteiger partial charge >= 0.3 is 0 Å². The van der Waals surface area contributed by atoms with Crippen LogP contribution in [-0.4, -0.2) is 18.6 Å². The van der Waals surface area contributed by atoms with Crippen LogP contribution in [0.1, 0.15) is 25.5 Å². The first-order chi connectivity index (χ1) is 10.1. The molecule has 1 aliphatic heterocycles. The van der Waals surface area contributed by atoms with Gasteiger partial charge in [-0.2, -0.15) is 0 Å². The highest BCUT2D eigenvalue weighted by atomic mass is 19.1. The zero-order chi connectivity index (χ0) is 14.9. The van der Waals surface area contributed by atoms with Crippen molar-refractivity contribution in [1.82, 2.24) is 5.32 Å². The Kier molecular flexibility index (Phi) is 3.68. The van der Waals surface area contributed by atoms with Gasteiger partial charge in [0.1, 0.15) is 5.82 Å². The van der Waals surface area contributed by atoms with Crippen LogP contribution in [-0.2, 0) is 0 Å². The molecule has 0 bridgehead atoms. The molecular formula is C18H21FN2. The summed E-state index contributed by atoms with van der Waals surface area (Å²) in [5.74, 6) is -0.156. The average Bonchev–Trinajstić information content (AvgIpc) is 2.48. The fourth-order valence-corrected chi connectivity index (χ4v) is 2.99. The minimum absolute atomic E-state index is 0.0342. The predicted molar refractivity (Wildman–Crippen MR) is 85.0 cm³/mol. The Morgan fingerprint density at radius 2 is 1.71 bits per heavy atom. The molecule has 110 valence electrons. The van der Waals surface area contributed by atoms with Crippen LogP contribution >= 0.6 is 0 Å². The molecule has 1 saturated heterocycles. The third-order valence-corrected chi connectivity index (χ3v) is 4.06. The smallest absolute Gasteiger partial charge is 0.146 e. The molecule has 1 aliphatic rings. The van der Waals surface area contributed by atoms with Crippen molar-refractivity contribution in [3.05, 3.63) is 66.0 Å². The quantitative estimate of drug-likeness (QED) is 0.903. The van der Waals surface area contributed by atoms with Gasteiger partial charge in [0.05, 0.1) is 11.7 Å². The van der Waals surface area contributed by atoms with E-state index in [4.69, 9.17) is 0 Å². The molecule has 3 rings (SSSR count). The number of halogens is 1. The average molecular weight is 284 g/mol. The first-order valence-electron chi connectivity index (χ1n) is 7.38. The molecule has 1 heterocycles. The van der Waals surface area contributed by atoms with Gasteiger partial charge in [-0.15, -0.1) is 0 Å². The van der Waals surface area contributed by atoms with Gasteiger partial charge in [0.15, 0.2) is 0 Å². The van der Waals surface area contributed by atoms with Gasteiger partial charge < -0.3 is 10.2 Å². The minimum atomic E-state index is -0.156. The highest BCUT2D eigenvalue weighted by Gasteiger charge is 2.34. The number of benzene rings is 2. The second kappa shape index (κ2) is 5.49. The van der Waals surface area contributed by atoms with E-state index in [2.05, 4.69) is 36.2 Å². The Morgan fingerprint density at radius 3 is 2.43 bits per heavy atom. The molecule has 3 heteroatoms. The van der Waals surface area contributed by atoms with Gasteiger partial charge in [0.25, 0.3) is 0 Å². The SMILES string of the molecule is CC1(C)CN(c2ccccc2F)C(c2ccccc2)CN1. The Balaban J connectivity index is 2.01. The third-order valence-electron chi connectivity index (χ3n) is 4.06. The van der Waals surface area contributed by atoms with Crippen LogP contribution in [0.3, 0.4) is 0 Å². The first-order valence-corrected chi connectivity index (χ1v) is 7.38. The van der Waals surface area contributed by atoms with Gasteiger partial charge in [-0.3, -0.25) is 0 Å². The van der Waals surface area contributed by atoms with Crippen LogP contribution in [0.5, 0.6) is 0 Å². The second-order valence-corrected chi connectivity index (χ2v) is 6.27. The summed E-state index contributed by atoms with van der Waals surface area (Å²) in [6.07, 6.45) is 0. The number of hydrogen-bond acceptors (Lipinski definition) is 2. The maximum absolute atomic E-state index is 14.3. The van der Waals surface area contributed by atoms with Crippen molar-refractivity contribution in [3.63, 3.8) is 0 Å². The van der Waals surface area contributed by atoms with Crippen molar-refractivity contribution >= 4 is 5.69 Å². The van der Waals surface area contributed by atoms with Crippen molar-refractivity contribution in [2.24, 2.45) is 0 Å². The topological polar surface area (TPSA) is 15.3 Å². The molecule has 2 aromatic rings. The summed E-state index contributed by atoms with van der Waals surface area (Å²) in [5, 5.41) is 3.56. The molecule has 2 aromatic carbocycles. The summed E-state index contributed by atoms with van der Waals surface area (Å²) in [4.78, 5) is 2.18. The van der Waals surface area contributed by atoms with Crippen molar-refractivity contribution in [3.8, 4) is 0 Å². The van der Waals surface area contributed by atoms with E-state index in [0.717, 1.165) is 13.1 Å². The molecule has 2 nitrogen and oxygen atoms in total. The van der Waals surface area contributed by atoms with E-state index in [0.29, 0.717) is 5.69 Å². The monoisotopic (exact) mass is 284 g/mol. The van der Waals surface area contributed by atoms with E-state index in [-0.39, 0.29) is 17.4 Å². The predicted octanol–water partition coefficient (Wildman–Crippen LogP) is 3.76. The standard InChI is InChI=1S/C18H21FN2/c1-18(2)13-21(16-11-7-6-10-15(16)19)17(12-20-18)14-8-4-3-5-9-14/h3-11,17,20H,12-13H2,1-2H3. The Hall–Kier alpha value is -1.87. The fraction of sp³-hybridized carbons (Fsp3) is 0.333. The molecule has 0 aliphatic carbocycles. The van der Waals surface area contributed by atoms with Crippen LogP contribution in [0.15, 0.2) is 54.6 Å². The molecule has 0 aromatic heterocycles. The molecule has 0 radical (unpaired) electrons. The van der Waals surface area contributed by atoms with E-state index in [1.807, 2.05) is 30.3 Å². The van der Waals surface area contributed by atoms with Gasteiger partial charge in [-0.1, -0.05) is 42.5 Å². The van der Waals surface area contributed by atoms with E-state index in [1.165, 1.54) is 11.6 Å². The van der Waals surface area contributed by atoms with Crippen LogP contribution in [0, 0.1) is 5.82 Å². The lowest BCUT2D eigenvalue weighted by Crippen LogP contribution is -2.58. The van der Waals surface area contributed by atoms with E-state index in [1.54, 1.807) is 6.07 Å². The van der Waals surface area contributed by atoms with Crippen molar-refractivity contribution in [2.75, 3.05) is 18.0 Å². The van der Waals surface area contributed by atoms with Crippen molar-refractivity contribution in [1.29, 1.82) is 0 Å². The minimum Gasteiger partial charge on any atom is -0.359 e. The fourth-order valence-electron chi connectivity index (χ4n) is 2.99. The lowest BCUT2D eigenvalue weighted by atomic mass is 9.94. The van der Waals surface area contributed by atoms with Crippen LogP contribution in [0.25, 0.3) is 0 Å². The molecule has 1 N–H and O–H groups in total. The molecular weight excluding hydrogens is 263 g/mol. The Labute approximate surface area is 125 Å². The summed E-state index contributed by atoms with van der Waals surface area (Å²) < 4.78 is 14.3. The first kappa shape index (κ1) is 14.1. The van der Waals surface area contributed by atoms with Crippen LogP contribution in [0.4, 0.5) is 10.1 Å². The number of anilines is 1. The molecule has 21 heavy (non-hydrogen) atoms. The number of hydrogen-bond donors (Lipinski definition) is 1. The van der Waals surface area contributed by atoms with E-state index in [9.17, 15) is 4.39 Å². The summed E-state index contributed by atoms with van der Waals surface area (Å²) >= 11 is 0. The molecule has 0 spiro atoms. The van der Waals surface area contributed by atoms with Gasteiger partial charge in [0.2, 0.25) is 0 Å². The lowest BCUT2D eigenvalue weighted by molar-refractivity contribution is 0.310.